The van der Waals surface area contributed by atoms with E-state index in [-0.39, 0.29) is 0 Å². The van der Waals surface area contributed by atoms with Gasteiger partial charge in [0.15, 0.2) is 0 Å². The normalized spacial score (nSPS) is 14.5. The molecule has 0 spiro atoms. The molecule has 0 aliphatic carbocycles. The molecule has 0 amide bonds. The van der Waals surface area contributed by atoms with E-state index in [0.29, 0.717) is 0 Å². The van der Waals surface area contributed by atoms with Gasteiger partial charge < -0.3 is 0 Å². The highest BCUT2D eigenvalue weighted by Gasteiger charge is 2.05. The quantitative estimate of drug-likeness (QED) is 0.551. The van der Waals surface area contributed by atoms with Crippen LogP contribution in [0.4, 0.5) is 0 Å². The first kappa shape index (κ1) is 9.57. The Hall–Kier alpha value is -0.430. The molecule has 0 aliphatic heterocycles. The van der Waals surface area contributed by atoms with Crippen molar-refractivity contribution in [3.8, 4) is 0 Å². The Morgan fingerprint density at radius 2 is 1.70 bits per heavy atom. The van der Waals surface area contributed by atoms with Crippen molar-refractivity contribution in [3.63, 3.8) is 0 Å². The van der Waals surface area contributed by atoms with Crippen LogP contribution in [-0.2, 0) is 0 Å². The van der Waals surface area contributed by atoms with Crippen LogP contribution in [0.5, 0.6) is 0 Å². The molecule has 0 aromatic heterocycles. The van der Waals surface area contributed by atoms with E-state index in [0.717, 1.165) is 0 Å². The molecule has 58 valence electrons. The summed E-state index contributed by atoms with van der Waals surface area (Å²) in [7, 11) is -0.605. The van der Waals surface area contributed by atoms with E-state index in [1.807, 2.05) is 18.2 Å². The van der Waals surface area contributed by atoms with E-state index in [2.05, 4.69) is 31.9 Å². The molecule has 0 aliphatic rings. The van der Waals surface area contributed by atoms with E-state index >= 15 is 0 Å². The van der Waals surface area contributed by atoms with Crippen LogP contribution in [0.1, 0.15) is 0 Å². The minimum atomic E-state index is -0.605. The smallest absolute Gasteiger partial charge is 0.0112 e. The summed E-state index contributed by atoms with van der Waals surface area (Å²) in [5.41, 5.74) is 0. The van der Waals surface area contributed by atoms with Crippen molar-refractivity contribution in [3.05, 3.63) is 36.3 Å². The van der Waals surface area contributed by atoms with Gasteiger partial charge in [-0.2, -0.15) is 0 Å². The topological polar surface area (TPSA) is 0 Å². The Morgan fingerprint density at radius 1 is 1.20 bits per heavy atom. The highest BCUT2D eigenvalue weighted by Crippen LogP contribution is 2.44. The number of rotatable bonds is 3. The largest absolute Gasteiger partial charge is 0.223 e. The summed E-state index contributed by atoms with van der Waals surface area (Å²) in [6.45, 7) is 7.40. The first-order valence-electron chi connectivity index (χ1n) is 3.16. The summed E-state index contributed by atoms with van der Waals surface area (Å²) in [5.74, 6) is 0. The Morgan fingerprint density at radius 3 is 1.80 bits per heavy atom. The highest BCUT2D eigenvalue weighted by molar-refractivity contribution is 8.35. The van der Waals surface area contributed by atoms with Crippen LogP contribution in [0, 0.1) is 0 Å². The van der Waals surface area contributed by atoms with Crippen molar-refractivity contribution >= 4 is 10.0 Å². The Kier molecular flexibility index (Phi) is 3.51. The van der Waals surface area contributed by atoms with Gasteiger partial charge in [0.1, 0.15) is 0 Å². The first-order chi connectivity index (χ1) is 4.52. The predicted octanol–water partition coefficient (Wildman–Crippen LogP) is 2.94. The molecular weight excluding hydrogens is 140 g/mol. The zero-order chi connectivity index (χ0) is 8.20. The van der Waals surface area contributed by atoms with E-state index in [1.54, 1.807) is 0 Å². The van der Waals surface area contributed by atoms with E-state index in [9.17, 15) is 0 Å². The number of allylic oxidation sites excluding steroid dienone is 3. The minimum Gasteiger partial charge on any atom is -0.223 e. The van der Waals surface area contributed by atoms with Crippen molar-refractivity contribution in [2.45, 2.75) is 0 Å². The van der Waals surface area contributed by atoms with Gasteiger partial charge in [-0.15, -0.1) is 0 Å². The fourth-order valence-corrected chi connectivity index (χ4v) is 1.64. The van der Waals surface area contributed by atoms with Crippen LogP contribution >= 0.6 is 10.0 Å². The summed E-state index contributed by atoms with van der Waals surface area (Å²) in [5, 5.41) is 0. The van der Waals surface area contributed by atoms with Crippen molar-refractivity contribution in [2.75, 3.05) is 18.8 Å². The second kappa shape index (κ2) is 3.67. The lowest BCUT2D eigenvalue weighted by Gasteiger charge is -2.26. The fourth-order valence-electron chi connectivity index (χ4n) is 0.638. The van der Waals surface area contributed by atoms with Gasteiger partial charge in [-0.05, 0) is 23.7 Å². The van der Waals surface area contributed by atoms with Gasteiger partial charge in [-0.3, -0.25) is 0 Å². The van der Waals surface area contributed by atoms with Crippen molar-refractivity contribution in [2.24, 2.45) is 0 Å². The second-order valence-corrected chi connectivity index (χ2v) is 6.99. The van der Waals surface area contributed by atoms with Gasteiger partial charge in [-0.25, -0.2) is 10.0 Å². The minimum absolute atomic E-state index is 0.605. The van der Waals surface area contributed by atoms with Gasteiger partial charge in [0.05, 0.1) is 0 Å². The number of hydrogen-bond donors (Lipinski definition) is 0. The molecule has 0 atom stereocenters. The third-order valence-electron chi connectivity index (χ3n) is 1.19. The standard InChI is InChI=1S/C9H16S/c1-6-8-9(7-2)10(3,4)5/h6-8H,1-2H2,3-5H3/b9-8+. The van der Waals surface area contributed by atoms with Crippen molar-refractivity contribution < 1.29 is 0 Å². The van der Waals surface area contributed by atoms with Gasteiger partial charge in [0, 0.05) is 0 Å². The van der Waals surface area contributed by atoms with Gasteiger partial charge in [0.2, 0.25) is 0 Å². The van der Waals surface area contributed by atoms with Crippen LogP contribution < -0.4 is 0 Å². The van der Waals surface area contributed by atoms with Gasteiger partial charge in [0.25, 0.3) is 0 Å². The molecule has 0 nitrogen and oxygen atoms in total. The molecule has 0 saturated carbocycles. The predicted molar refractivity (Wildman–Crippen MR) is 53.8 cm³/mol. The maximum atomic E-state index is 3.75. The molecule has 0 radical (unpaired) electrons. The van der Waals surface area contributed by atoms with Crippen LogP contribution in [0.15, 0.2) is 36.3 Å². The highest BCUT2D eigenvalue weighted by atomic mass is 32.3. The summed E-state index contributed by atoms with van der Waals surface area (Å²) in [6, 6.07) is 0. The summed E-state index contributed by atoms with van der Waals surface area (Å²) >= 11 is 0. The number of hydrogen-bond acceptors (Lipinski definition) is 0. The fraction of sp³-hybridized carbons (Fsp3) is 0.333. The molecule has 0 bridgehead atoms. The first-order valence-corrected chi connectivity index (χ1v) is 6.01. The third kappa shape index (κ3) is 2.92. The zero-order valence-electron chi connectivity index (χ0n) is 7.05. The third-order valence-corrected chi connectivity index (χ3v) is 2.91. The molecule has 0 fully saturated rings. The molecule has 0 aromatic rings. The van der Waals surface area contributed by atoms with Gasteiger partial charge in [-0.1, -0.05) is 31.4 Å². The van der Waals surface area contributed by atoms with Crippen LogP contribution in [0.3, 0.4) is 0 Å². The van der Waals surface area contributed by atoms with Crippen LogP contribution in [0.2, 0.25) is 0 Å². The average Bonchev–Trinajstić information content (AvgIpc) is 1.80. The second-order valence-electron chi connectivity index (χ2n) is 2.85. The van der Waals surface area contributed by atoms with E-state index in [4.69, 9.17) is 0 Å². The van der Waals surface area contributed by atoms with Crippen LogP contribution in [-0.4, -0.2) is 18.8 Å². The lowest BCUT2D eigenvalue weighted by atomic mass is 10.5. The molecule has 0 unspecified atom stereocenters. The van der Waals surface area contributed by atoms with E-state index in [1.165, 1.54) is 4.91 Å². The summed E-state index contributed by atoms with van der Waals surface area (Å²) in [6.07, 6.45) is 12.5. The summed E-state index contributed by atoms with van der Waals surface area (Å²) < 4.78 is 0. The summed E-state index contributed by atoms with van der Waals surface area (Å²) in [4.78, 5) is 1.31. The maximum absolute atomic E-state index is 3.75. The zero-order valence-corrected chi connectivity index (χ0v) is 7.87. The van der Waals surface area contributed by atoms with Gasteiger partial charge >= 0.3 is 0 Å². The monoisotopic (exact) mass is 156 g/mol. The Labute approximate surface area is 65.6 Å². The molecule has 0 rings (SSSR count). The molecule has 10 heavy (non-hydrogen) atoms. The maximum Gasteiger partial charge on any atom is -0.0112 e. The average molecular weight is 156 g/mol. The molecule has 0 saturated heterocycles. The Balaban J connectivity index is 4.51. The van der Waals surface area contributed by atoms with Crippen LogP contribution in [0.25, 0.3) is 0 Å². The molecule has 0 aromatic carbocycles. The van der Waals surface area contributed by atoms with Crippen molar-refractivity contribution in [1.29, 1.82) is 0 Å². The molecule has 0 heterocycles. The molecule has 1 heteroatoms. The molecular formula is C9H16S. The van der Waals surface area contributed by atoms with E-state index < -0.39 is 10.0 Å². The molecule has 0 N–H and O–H groups in total. The lowest BCUT2D eigenvalue weighted by molar-refractivity contribution is 1.84. The van der Waals surface area contributed by atoms with Crippen molar-refractivity contribution in [1.82, 2.24) is 0 Å². The SMILES string of the molecule is C=C/C=C(\C=C)S(C)(C)C. The lowest BCUT2D eigenvalue weighted by Crippen LogP contribution is -1.92. The Bertz CT molecular complexity index is 158.